The molecule has 118 valence electrons. The van der Waals surface area contributed by atoms with Crippen molar-refractivity contribution in [1.82, 2.24) is 4.98 Å². The van der Waals surface area contributed by atoms with Crippen LogP contribution in [0.2, 0.25) is 5.02 Å². The van der Waals surface area contributed by atoms with E-state index in [9.17, 15) is 13.2 Å². The fourth-order valence-corrected chi connectivity index (χ4v) is 4.14. The fraction of sp³-hybridized carbons (Fsp3) is 0.167. The van der Waals surface area contributed by atoms with Crippen LogP contribution >= 0.6 is 22.9 Å². The molecule has 0 bridgehead atoms. The van der Waals surface area contributed by atoms with Gasteiger partial charge in [0.2, 0.25) is 0 Å². The summed E-state index contributed by atoms with van der Waals surface area (Å²) < 4.78 is 32.0. The summed E-state index contributed by atoms with van der Waals surface area (Å²) in [7, 11) is -2.68. The van der Waals surface area contributed by atoms with Gasteiger partial charge in [0.1, 0.15) is 15.5 Å². The van der Waals surface area contributed by atoms with Crippen LogP contribution in [0.4, 0.5) is 5.13 Å². The zero-order valence-corrected chi connectivity index (χ0v) is 13.8. The van der Waals surface area contributed by atoms with E-state index >= 15 is 0 Å². The number of thiazole rings is 1. The first kappa shape index (κ1) is 16.5. The molecular formula is C12H11ClN2O5S2. The Morgan fingerprint density at radius 1 is 1.45 bits per heavy atom. The number of aromatic carboxylic acids is 1. The number of nitrogens with one attached hydrogen (secondary N) is 1. The Labute approximate surface area is 135 Å². The van der Waals surface area contributed by atoms with Crippen molar-refractivity contribution in [2.24, 2.45) is 0 Å². The number of aromatic nitrogens is 1. The highest BCUT2D eigenvalue weighted by Crippen LogP contribution is 2.30. The van der Waals surface area contributed by atoms with Gasteiger partial charge in [-0.2, -0.15) is 0 Å². The van der Waals surface area contributed by atoms with Crippen molar-refractivity contribution in [3.8, 4) is 5.75 Å². The summed E-state index contributed by atoms with van der Waals surface area (Å²) >= 11 is 6.55. The lowest BCUT2D eigenvalue weighted by molar-refractivity contribution is 0.0701. The highest BCUT2D eigenvalue weighted by atomic mass is 35.5. The number of sulfonamides is 1. The number of methoxy groups -OCH3 is 1. The van der Waals surface area contributed by atoms with Gasteiger partial charge in [-0.1, -0.05) is 22.9 Å². The number of hydrogen-bond donors (Lipinski definition) is 2. The van der Waals surface area contributed by atoms with E-state index in [0.717, 1.165) is 11.3 Å². The number of anilines is 1. The van der Waals surface area contributed by atoms with Crippen molar-refractivity contribution in [2.75, 3.05) is 11.8 Å². The molecule has 0 aliphatic rings. The summed E-state index contributed by atoms with van der Waals surface area (Å²) in [5.74, 6) is -1.05. The number of benzene rings is 1. The summed E-state index contributed by atoms with van der Waals surface area (Å²) in [5.41, 5.74) is 0.230. The van der Waals surface area contributed by atoms with Crippen LogP contribution in [-0.4, -0.2) is 31.6 Å². The van der Waals surface area contributed by atoms with Crippen LogP contribution in [0.5, 0.6) is 5.75 Å². The molecule has 0 radical (unpaired) electrons. The lowest BCUT2D eigenvalue weighted by Gasteiger charge is -2.10. The number of halogens is 1. The van der Waals surface area contributed by atoms with Crippen molar-refractivity contribution in [2.45, 2.75) is 11.8 Å². The molecule has 0 saturated heterocycles. The second-order valence-electron chi connectivity index (χ2n) is 4.14. The molecule has 22 heavy (non-hydrogen) atoms. The van der Waals surface area contributed by atoms with Gasteiger partial charge in [-0.25, -0.2) is 18.2 Å². The molecule has 7 nitrogen and oxygen atoms in total. The molecule has 0 spiro atoms. The van der Waals surface area contributed by atoms with Crippen molar-refractivity contribution in [1.29, 1.82) is 0 Å². The van der Waals surface area contributed by atoms with E-state index in [2.05, 4.69) is 9.71 Å². The summed E-state index contributed by atoms with van der Waals surface area (Å²) in [5, 5.41) is 9.15. The van der Waals surface area contributed by atoms with E-state index in [4.69, 9.17) is 21.4 Å². The van der Waals surface area contributed by atoms with E-state index in [1.54, 1.807) is 0 Å². The monoisotopic (exact) mass is 362 g/mol. The number of carbonyl (C=O) groups is 1. The summed E-state index contributed by atoms with van der Waals surface area (Å²) in [6.07, 6.45) is 0. The Morgan fingerprint density at radius 2 is 2.14 bits per heavy atom. The van der Waals surface area contributed by atoms with Gasteiger partial charge in [-0.05, 0) is 25.1 Å². The predicted molar refractivity (Wildman–Crippen MR) is 82.6 cm³/mol. The normalized spacial score (nSPS) is 11.2. The van der Waals surface area contributed by atoms with E-state index in [1.165, 1.54) is 32.2 Å². The van der Waals surface area contributed by atoms with Crippen LogP contribution in [0.3, 0.4) is 0 Å². The van der Waals surface area contributed by atoms with Crippen LogP contribution in [0.1, 0.15) is 15.4 Å². The molecule has 0 atom stereocenters. The van der Waals surface area contributed by atoms with Crippen molar-refractivity contribution in [3.05, 3.63) is 33.8 Å². The van der Waals surface area contributed by atoms with Crippen molar-refractivity contribution in [3.63, 3.8) is 0 Å². The fourth-order valence-electron chi connectivity index (χ4n) is 1.67. The third-order valence-corrected chi connectivity index (χ3v) is 5.41. The van der Waals surface area contributed by atoms with E-state index in [0.29, 0.717) is 0 Å². The maximum Gasteiger partial charge on any atom is 0.347 e. The lowest BCUT2D eigenvalue weighted by atomic mass is 10.3. The van der Waals surface area contributed by atoms with Gasteiger partial charge in [0, 0.05) is 5.02 Å². The van der Waals surface area contributed by atoms with Gasteiger partial charge < -0.3 is 9.84 Å². The topological polar surface area (TPSA) is 106 Å². The van der Waals surface area contributed by atoms with E-state index < -0.39 is 16.0 Å². The first-order chi connectivity index (χ1) is 10.2. The molecule has 1 heterocycles. The van der Waals surface area contributed by atoms with Gasteiger partial charge in [0.25, 0.3) is 10.0 Å². The molecule has 0 aliphatic carbocycles. The molecule has 0 fully saturated rings. The Balaban J connectivity index is 2.42. The highest BCUT2D eigenvalue weighted by Gasteiger charge is 2.23. The van der Waals surface area contributed by atoms with Gasteiger partial charge in [-0.15, -0.1) is 0 Å². The summed E-state index contributed by atoms with van der Waals surface area (Å²) in [6.45, 7) is 1.48. The maximum absolute atomic E-state index is 12.4. The second-order valence-corrected chi connectivity index (χ2v) is 7.23. The van der Waals surface area contributed by atoms with Gasteiger partial charge in [-0.3, -0.25) is 4.72 Å². The number of carboxylic acid groups (broad SMARTS) is 1. The number of hydrogen-bond acceptors (Lipinski definition) is 6. The lowest BCUT2D eigenvalue weighted by Crippen LogP contribution is -2.14. The number of aryl methyl sites for hydroxylation is 1. The molecule has 2 rings (SSSR count). The van der Waals surface area contributed by atoms with E-state index in [-0.39, 0.29) is 31.4 Å². The number of nitrogens with zero attached hydrogens (tertiary/aromatic N) is 1. The molecular weight excluding hydrogens is 352 g/mol. The number of rotatable bonds is 5. The van der Waals surface area contributed by atoms with Crippen molar-refractivity contribution < 1.29 is 23.1 Å². The smallest absolute Gasteiger partial charge is 0.347 e. The minimum Gasteiger partial charge on any atom is -0.495 e. The van der Waals surface area contributed by atoms with E-state index in [1.807, 2.05) is 0 Å². The molecule has 2 aromatic rings. The first-order valence-corrected chi connectivity index (χ1v) is 8.49. The molecule has 1 aromatic carbocycles. The van der Waals surface area contributed by atoms with Crippen LogP contribution < -0.4 is 9.46 Å². The molecule has 0 amide bonds. The Morgan fingerprint density at radius 3 is 2.68 bits per heavy atom. The van der Waals surface area contributed by atoms with Crippen LogP contribution in [0, 0.1) is 6.92 Å². The van der Waals surface area contributed by atoms with Gasteiger partial charge in [0.15, 0.2) is 5.13 Å². The van der Waals surface area contributed by atoms with Crippen LogP contribution in [-0.2, 0) is 10.0 Å². The Kier molecular flexibility index (Phi) is 4.59. The Hall–Kier alpha value is -1.84. The third-order valence-electron chi connectivity index (χ3n) is 2.63. The Bertz CT molecular complexity index is 832. The standard InChI is InChI=1S/C12H11ClN2O5S2/c1-6-10(11(16)17)21-12(14-6)15-22(18,19)9-5-7(13)3-4-8(9)20-2/h3-5H,1-2H3,(H,14,15)(H,16,17). The predicted octanol–water partition coefficient (Wildman–Crippen LogP) is 2.61. The minimum absolute atomic E-state index is 0.0317. The zero-order chi connectivity index (χ0) is 16.5. The largest absolute Gasteiger partial charge is 0.495 e. The molecule has 0 aliphatic heterocycles. The molecule has 0 unspecified atom stereocenters. The van der Waals surface area contributed by atoms with Gasteiger partial charge >= 0.3 is 5.97 Å². The average Bonchev–Trinajstić information content (AvgIpc) is 2.79. The third kappa shape index (κ3) is 3.32. The second kappa shape index (κ2) is 6.11. The first-order valence-electron chi connectivity index (χ1n) is 5.81. The maximum atomic E-state index is 12.4. The van der Waals surface area contributed by atoms with Gasteiger partial charge in [0.05, 0.1) is 12.8 Å². The van der Waals surface area contributed by atoms with Crippen LogP contribution in [0.25, 0.3) is 0 Å². The highest BCUT2D eigenvalue weighted by molar-refractivity contribution is 7.93. The molecule has 2 N–H and O–H groups in total. The average molecular weight is 363 g/mol. The van der Waals surface area contributed by atoms with Crippen LogP contribution in [0.15, 0.2) is 23.1 Å². The number of ether oxygens (including phenoxy) is 1. The minimum atomic E-state index is -4.01. The van der Waals surface area contributed by atoms with Crippen molar-refractivity contribution >= 4 is 44.1 Å². The quantitative estimate of drug-likeness (QED) is 0.846. The SMILES string of the molecule is COc1ccc(Cl)cc1S(=O)(=O)Nc1nc(C)c(C(=O)O)s1. The summed E-state index contributed by atoms with van der Waals surface area (Å²) in [6, 6.07) is 4.16. The summed E-state index contributed by atoms with van der Waals surface area (Å²) in [4.78, 5) is 14.7. The molecule has 0 saturated carbocycles. The molecule has 10 heteroatoms. The zero-order valence-electron chi connectivity index (χ0n) is 11.5. The molecule has 1 aromatic heterocycles. The number of carboxylic acids is 1.